The van der Waals surface area contributed by atoms with Crippen molar-refractivity contribution >= 4 is 41.6 Å². The number of carbonyl (C=O) groups is 1. The first-order chi connectivity index (χ1) is 12.0. The number of hydrogen-bond acceptors (Lipinski definition) is 3. The highest BCUT2D eigenvalue weighted by Gasteiger charge is 2.20. The van der Waals surface area contributed by atoms with Crippen LogP contribution in [0.2, 0.25) is 0 Å². The molecule has 0 saturated heterocycles. The maximum atomic E-state index is 15.0. The summed E-state index contributed by atoms with van der Waals surface area (Å²) in [5, 5.41) is 5.89. The maximum Gasteiger partial charge on any atom is 0.253 e. The van der Waals surface area contributed by atoms with Gasteiger partial charge in [0.05, 0.1) is 23.1 Å². The van der Waals surface area contributed by atoms with E-state index in [-0.39, 0.29) is 22.7 Å². The summed E-state index contributed by atoms with van der Waals surface area (Å²) in [7, 11) is 2.00. The number of rotatable bonds is 5. The number of benzene rings is 2. The molecule has 128 valence electrons. The first kappa shape index (κ1) is 17.0. The van der Waals surface area contributed by atoms with E-state index in [9.17, 15) is 4.79 Å². The Bertz CT molecular complexity index is 938. The van der Waals surface area contributed by atoms with Gasteiger partial charge in [-0.15, -0.1) is 0 Å². The summed E-state index contributed by atoms with van der Waals surface area (Å²) in [6.45, 7) is 4.44. The van der Waals surface area contributed by atoms with E-state index in [0.29, 0.717) is 12.1 Å². The summed E-state index contributed by atoms with van der Waals surface area (Å²) in [6, 6.07) is 7.45. The van der Waals surface area contributed by atoms with E-state index in [1.165, 1.54) is 6.33 Å². The van der Waals surface area contributed by atoms with Gasteiger partial charge in [0.25, 0.3) is 5.91 Å². The average molecular weight is 338 g/mol. The number of anilines is 2. The number of imidazole rings is 1. The van der Waals surface area contributed by atoms with E-state index in [2.05, 4.69) is 20.6 Å². The van der Waals surface area contributed by atoms with Crippen LogP contribution in [0.1, 0.15) is 29.3 Å². The second-order valence-electron chi connectivity index (χ2n) is 6.11. The Morgan fingerprint density at radius 2 is 2.16 bits per heavy atom. The van der Waals surface area contributed by atoms with E-state index in [4.69, 9.17) is 0 Å². The Kier molecular flexibility index (Phi) is 4.74. The summed E-state index contributed by atoms with van der Waals surface area (Å²) < 4.78 is 15.0. The number of carbonyl (C=O) groups excluding carboxylic acids is 1. The first-order valence-corrected chi connectivity index (χ1v) is 8.29. The molecule has 0 saturated carbocycles. The molecular weight excluding hydrogens is 318 g/mol. The lowest BCUT2D eigenvalue weighted by Crippen LogP contribution is -2.25. The third-order valence-electron chi connectivity index (χ3n) is 4.08. The van der Waals surface area contributed by atoms with Crippen LogP contribution in [0.4, 0.5) is 15.8 Å². The van der Waals surface area contributed by atoms with Crippen molar-refractivity contribution in [3.63, 3.8) is 0 Å². The van der Waals surface area contributed by atoms with Gasteiger partial charge in [-0.1, -0.05) is 24.5 Å². The van der Waals surface area contributed by atoms with E-state index >= 15 is 4.39 Å². The maximum absolute atomic E-state index is 15.0. The lowest BCUT2D eigenvalue weighted by molar-refractivity contribution is 0.0954. The van der Waals surface area contributed by atoms with Crippen molar-refractivity contribution in [2.75, 3.05) is 11.9 Å². The highest BCUT2D eigenvalue weighted by atomic mass is 19.1. The van der Waals surface area contributed by atoms with Crippen molar-refractivity contribution in [2.45, 2.75) is 20.3 Å². The molecule has 0 atom stereocenters. The largest absolute Gasteiger partial charge is 0.352 e. The number of aryl methyl sites for hydroxylation is 1. The predicted molar refractivity (Wildman–Crippen MR) is 101 cm³/mol. The van der Waals surface area contributed by atoms with Crippen LogP contribution in [0.3, 0.4) is 0 Å². The van der Waals surface area contributed by atoms with Crippen LogP contribution < -0.4 is 16.1 Å². The number of aromatic nitrogens is 2. The van der Waals surface area contributed by atoms with Gasteiger partial charge in [-0.2, -0.15) is 0 Å². The van der Waals surface area contributed by atoms with Gasteiger partial charge < -0.3 is 15.6 Å². The number of nitrogens with one attached hydrogen (secondary N) is 3. The monoisotopic (exact) mass is 338 g/mol. The molecule has 0 bridgehead atoms. The molecule has 0 unspecified atom stereocenters. The van der Waals surface area contributed by atoms with E-state index in [1.54, 1.807) is 6.07 Å². The fraction of sp³-hybridized carbons (Fsp3) is 0.222. The van der Waals surface area contributed by atoms with Crippen molar-refractivity contribution in [1.29, 1.82) is 0 Å². The summed E-state index contributed by atoms with van der Waals surface area (Å²) in [5.74, 6) is -0.857. The van der Waals surface area contributed by atoms with Gasteiger partial charge in [-0.3, -0.25) is 4.79 Å². The smallest absolute Gasteiger partial charge is 0.253 e. The number of hydrogen-bond donors (Lipinski definition) is 3. The average Bonchev–Trinajstić information content (AvgIpc) is 3.05. The number of aromatic amines is 1. The van der Waals surface area contributed by atoms with E-state index in [1.807, 2.05) is 39.9 Å². The van der Waals surface area contributed by atoms with Crippen LogP contribution in [0.25, 0.3) is 11.0 Å². The second-order valence-corrected chi connectivity index (χ2v) is 6.11. The molecule has 3 aromatic rings. The van der Waals surface area contributed by atoms with E-state index in [0.717, 1.165) is 23.1 Å². The normalized spacial score (nSPS) is 10.8. The summed E-state index contributed by atoms with van der Waals surface area (Å²) in [4.78, 5) is 19.4. The quantitative estimate of drug-likeness (QED) is 0.625. The molecule has 25 heavy (non-hydrogen) atoms. The Balaban J connectivity index is 2.10. The zero-order valence-corrected chi connectivity index (χ0v) is 14.5. The van der Waals surface area contributed by atoms with Gasteiger partial charge >= 0.3 is 0 Å². The molecule has 3 rings (SSSR count). The minimum Gasteiger partial charge on any atom is -0.352 e. The van der Waals surface area contributed by atoms with Gasteiger partial charge in [0.15, 0.2) is 5.82 Å². The first-order valence-electron chi connectivity index (χ1n) is 8.29. The third-order valence-corrected chi connectivity index (χ3v) is 4.08. The zero-order valence-electron chi connectivity index (χ0n) is 14.5. The molecule has 0 aliphatic heterocycles. The summed E-state index contributed by atoms with van der Waals surface area (Å²) >= 11 is 0. The molecule has 0 aliphatic rings. The molecule has 1 amide bonds. The minimum atomic E-state index is -0.541. The number of amides is 1. The lowest BCUT2D eigenvalue weighted by Gasteiger charge is -2.15. The fourth-order valence-electron chi connectivity index (χ4n) is 2.77. The molecule has 0 aliphatic carbocycles. The van der Waals surface area contributed by atoms with Crippen LogP contribution in [0, 0.1) is 12.7 Å². The zero-order chi connectivity index (χ0) is 18.0. The Morgan fingerprint density at radius 1 is 1.36 bits per heavy atom. The standard InChI is InChI=1S/C18H20BFN4O/c1-3-6-21-18(25)12-8-14-17(23-9-22-14)15(20)16(12)24-13-5-4-11(19)7-10(13)2/h4-5,7-9,24H,3,6,19H2,1-2H3,(H,21,25)(H,22,23). The number of H-pyrrole nitrogens is 1. The van der Waals surface area contributed by atoms with Crippen LogP contribution in [-0.4, -0.2) is 30.3 Å². The second kappa shape index (κ2) is 6.97. The van der Waals surface area contributed by atoms with Gasteiger partial charge in [0.2, 0.25) is 0 Å². The van der Waals surface area contributed by atoms with E-state index < -0.39 is 5.82 Å². The van der Waals surface area contributed by atoms with Crippen molar-refractivity contribution < 1.29 is 9.18 Å². The van der Waals surface area contributed by atoms with Crippen molar-refractivity contribution in [2.24, 2.45) is 0 Å². The van der Waals surface area contributed by atoms with Gasteiger partial charge in [0, 0.05) is 12.2 Å². The Hall–Kier alpha value is -2.83. The highest BCUT2D eigenvalue weighted by molar-refractivity contribution is 6.32. The lowest BCUT2D eigenvalue weighted by atomic mass is 9.94. The van der Waals surface area contributed by atoms with Crippen LogP contribution in [-0.2, 0) is 0 Å². The fourth-order valence-corrected chi connectivity index (χ4v) is 2.77. The molecule has 0 spiro atoms. The molecule has 1 heterocycles. The molecule has 7 heteroatoms. The Labute approximate surface area is 146 Å². The highest BCUT2D eigenvalue weighted by Crippen LogP contribution is 2.30. The SMILES string of the molecule is Bc1ccc(Nc2c(C(=O)NCCC)cc3[nH]cnc3c2F)c(C)c1. The number of nitrogens with zero attached hydrogens (tertiary/aromatic N) is 1. The van der Waals surface area contributed by atoms with Gasteiger partial charge in [-0.05, 0) is 31.0 Å². The summed E-state index contributed by atoms with van der Waals surface area (Å²) in [5.41, 5.74) is 3.94. The molecule has 2 aromatic carbocycles. The minimum absolute atomic E-state index is 0.139. The van der Waals surface area contributed by atoms with Crippen molar-refractivity contribution in [1.82, 2.24) is 15.3 Å². The number of fused-ring (bicyclic) bond motifs is 1. The molecule has 0 fully saturated rings. The Morgan fingerprint density at radius 3 is 2.88 bits per heavy atom. The van der Waals surface area contributed by atoms with Crippen molar-refractivity contribution in [3.05, 3.63) is 47.5 Å². The van der Waals surface area contributed by atoms with Crippen LogP contribution >= 0.6 is 0 Å². The molecular formula is C18H20BFN4O. The van der Waals surface area contributed by atoms with Crippen LogP contribution in [0.5, 0.6) is 0 Å². The number of halogens is 1. The molecule has 0 radical (unpaired) electrons. The van der Waals surface area contributed by atoms with Crippen LogP contribution in [0.15, 0.2) is 30.6 Å². The molecule has 3 N–H and O–H groups in total. The van der Waals surface area contributed by atoms with Gasteiger partial charge in [-0.25, -0.2) is 9.37 Å². The summed E-state index contributed by atoms with van der Waals surface area (Å²) in [6.07, 6.45) is 2.22. The molecule has 1 aromatic heterocycles. The van der Waals surface area contributed by atoms with Crippen molar-refractivity contribution in [3.8, 4) is 0 Å². The van der Waals surface area contributed by atoms with Gasteiger partial charge in [0.1, 0.15) is 13.4 Å². The topological polar surface area (TPSA) is 69.8 Å². The third kappa shape index (κ3) is 3.35. The molecule has 5 nitrogen and oxygen atoms in total. The predicted octanol–water partition coefficient (Wildman–Crippen LogP) is 2.15.